The van der Waals surface area contributed by atoms with Gasteiger partial charge in [-0.25, -0.2) is 9.67 Å². The van der Waals surface area contributed by atoms with Crippen LogP contribution in [0.2, 0.25) is 0 Å². The van der Waals surface area contributed by atoms with Gasteiger partial charge in [0.25, 0.3) is 0 Å². The highest BCUT2D eigenvalue weighted by molar-refractivity contribution is 5.69. The molecule has 0 aliphatic heterocycles. The van der Waals surface area contributed by atoms with E-state index in [0.717, 1.165) is 0 Å². The summed E-state index contributed by atoms with van der Waals surface area (Å²) in [5, 5.41) is 3.77. The van der Waals surface area contributed by atoms with Gasteiger partial charge in [-0.1, -0.05) is 6.07 Å². The number of nitrogens with zero attached hydrogens (tertiary/aromatic N) is 4. The number of nitrogen functional groups attached to an aromatic ring is 1. The Morgan fingerprint density at radius 2 is 2.29 bits per heavy atom. The molecule has 2 heterocycles. The number of pyridine rings is 1. The maximum atomic E-state index is 11.4. The minimum atomic E-state index is -0.416. The number of hydrogen-bond donors (Lipinski definition) is 1. The molecule has 2 N–H and O–H groups in total. The Bertz CT molecular complexity index is 496. The molecule has 2 aromatic rings. The number of carbonyl (C=O) groups is 1. The van der Waals surface area contributed by atoms with Gasteiger partial charge >= 0.3 is 5.97 Å². The second kappa shape index (κ2) is 5.06. The molecule has 0 bridgehead atoms. The van der Waals surface area contributed by atoms with Gasteiger partial charge in [-0.2, -0.15) is 0 Å². The number of rotatable bonds is 4. The molecule has 2 aromatic heterocycles. The van der Waals surface area contributed by atoms with Crippen LogP contribution < -0.4 is 5.73 Å². The van der Waals surface area contributed by atoms with E-state index in [4.69, 9.17) is 10.5 Å². The Morgan fingerprint density at radius 3 is 2.94 bits per heavy atom. The largest absolute Gasteiger partial charge is 0.458 e. The van der Waals surface area contributed by atoms with Crippen molar-refractivity contribution >= 4 is 11.9 Å². The number of ether oxygens (including phenoxy) is 1. The molecule has 17 heavy (non-hydrogen) atoms. The molecule has 2 rings (SSSR count). The van der Waals surface area contributed by atoms with E-state index in [2.05, 4.69) is 15.1 Å². The molecular weight excluding hydrogens is 222 g/mol. The predicted octanol–water partition coefficient (Wildman–Crippen LogP) is -0.00130. The summed E-state index contributed by atoms with van der Waals surface area (Å²) in [5.74, 6) is -0.289. The Kier molecular flexibility index (Phi) is 3.29. The van der Waals surface area contributed by atoms with Gasteiger partial charge in [-0.15, -0.1) is 5.10 Å². The highest BCUT2D eigenvalue weighted by Gasteiger charge is 2.06. The Morgan fingerprint density at radius 1 is 1.41 bits per heavy atom. The van der Waals surface area contributed by atoms with Crippen molar-refractivity contribution in [3.63, 3.8) is 0 Å². The van der Waals surface area contributed by atoms with Gasteiger partial charge < -0.3 is 10.5 Å². The molecule has 0 radical (unpaired) electrons. The van der Waals surface area contributed by atoms with Crippen LogP contribution in [0.1, 0.15) is 5.69 Å². The summed E-state index contributed by atoms with van der Waals surface area (Å²) < 4.78 is 6.33. The lowest BCUT2D eigenvalue weighted by atomic mass is 10.4. The molecule has 0 aromatic carbocycles. The first kappa shape index (κ1) is 11.1. The van der Waals surface area contributed by atoms with Crippen molar-refractivity contribution in [2.45, 2.75) is 13.2 Å². The van der Waals surface area contributed by atoms with Crippen LogP contribution >= 0.6 is 0 Å². The quantitative estimate of drug-likeness (QED) is 0.746. The van der Waals surface area contributed by atoms with Crippen molar-refractivity contribution in [2.24, 2.45) is 0 Å². The average Bonchev–Trinajstić information content (AvgIpc) is 2.73. The minimum Gasteiger partial charge on any atom is -0.458 e. The smallest absolute Gasteiger partial charge is 0.328 e. The predicted molar refractivity (Wildman–Crippen MR) is 58.5 cm³/mol. The fourth-order valence-corrected chi connectivity index (χ4v) is 1.20. The maximum absolute atomic E-state index is 11.4. The standard InChI is InChI=1S/C10H11N5O2/c11-10-13-7-15(14-10)5-9(16)17-6-8-3-1-2-4-12-8/h1-4,7H,5-6H2,(H2,11,14). The summed E-state index contributed by atoms with van der Waals surface area (Å²) in [6.07, 6.45) is 3.01. The zero-order valence-corrected chi connectivity index (χ0v) is 8.98. The second-order valence-corrected chi connectivity index (χ2v) is 3.28. The molecule has 0 saturated heterocycles. The number of hydrogen-bond acceptors (Lipinski definition) is 6. The van der Waals surface area contributed by atoms with Crippen LogP contribution in [0.5, 0.6) is 0 Å². The number of nitrogens with two attached hydrogens (primary N) is 1. The molecule has 7 nitrogen and oxygen atoms in total. The Balaban J connectivity index is 1.82. The lowest BCUT2D eigenvalue weighted by molar-refractivity contribution is -0.146. The molecular formula is C10H11N5O2. The molecule has 0 saturated carbocycles. The van der Waals surface area contributed by atoms with Crippen LogP contribution in [0.4, 0.5) is 5.95 Å². The van der Waals surface area contributed by atoms with E-state index < -0.39 is 5.97 Å². The molecule has 0 unspecified atom stereocenters. The van der Waals surface area contributed by atoms with Crippen LogP contribution in [0.25, 0.3) is 0 Å². The fraction of sp³-hybridized carbons (Fsp3) is 0.200. The van der Waals surface area contributed by atoms with Crippen LogP contribution in [0, 0.1) is 0 Å². The molecule has 7 heteroatoms. The van der Waals surface area contributed by atoms with Crippen LogP contribution in [0.3, 0.4) is 0 Å². The molecule has 0 fully saturated rings. The first-order valence-electron chi connectivity index (χ1n) is 4.94. The van der Waals surface area contributed by atoms with E-state index >= 15 is 0 Å². The SMILES string of the molecule is Nc1ncn(CC(=O)OCc2ccccn2)n1. The van der Waals surface area contributed by atoms with Crippen molar-refractivity contribution < 1.29 is 9.53 Å². The third kappa shape index (κ3) is 3.26. The summed E-state index contributed by atoms with van der Waals surface area (Å²) >= 11 is 0. The van der Waals surface area contributed by atoms with Gasteiger partial charge in [0.2, 0.25) is 5.95 Å². The van der Waals surface area contributed by atoms with Crippen LogP contribution in [-0.2, 0) is 22.7 Å². The Hall–Kier alpha value is -2.44. The molecule has 0 aliphatic rings. The van der Waals surface area contributed by atoms with E-state index in [1.807, 2.05) is 6.07 Å². The van der Waals surface area contributed by atoms with Crippen LogP contribution in [-0.4, -0.2) is 25.7 Å². The Labute approximate surface area is 97.2 Å². The second-order valence-electron chi connectivity index (χ2n) is 3.28. The third-order valence-corrected chi connectivity index (χ3v) is 1.95. The van der Waals surface area contributed by atoms with E-state index in [0.29, 0.717) is 5.69 Å². The summed E-state index contributed by atoms with van der Waals surface area (Å²) in [6.45, 7) is 0.126. The van der Waals surface area contributed by atoms with Gasteiger partial charge in [-0.05, 0) is 12.1 Å². The molecule has 88 valence electrons. The number of anilines is 1. The van der Waals surface area contributed by atoms with Gasteiger partial charge in [0.1, 0.15) is 19.5 Å². The van der Waals surface area contributed by atoms with E-state index in [1.165, 1.54) is 11.0 Å². The third-order valence-electron chi connectivity index (χ3n) is 1.95. The molecule has 0 spiro atoms. The molecule has 0 aliphatic carbocycles. The van der Waals surface area contributed by atoms with Crippen molar-refractivity contribution in [3.8, 4) is 0 Å². The van der Waals surface area contributed by atoms with Gasteiger partial charge in [0.15, 0.2) is 0 Å². The highest BCUT2D eigenvalue weighted by atomic mass is 16.5. The summed E-state index contributed by atoms with van der Waals surface area (Å²) in [5.41, 5.74) is 6.01. The fourth-order valence-electron chi connectivity index (χ4n) is 1.20. The zero-order chi connectivity index (χ0) is 12.1. The summed E-state index contributed by atoms with van der Waals surface area (Å²) in [7, 11) is 0. The minimum absolute atomic E-state index is 0.0168. The van der Waals surface area contributed by atoms with Crippen molar-refractivity contribution in [2.75, 3.05) is 5.73 Å². The zero-order valence-electron chi connectivity index (χ0n) is 8.98. The lowest BCUT2D eigenvalue weighted by Crippen LogP contribution is -2.14. The van der Waals surface area contributed by atoms with E-state index in [1.54, 1.807) is 18.3 Å². The summed E-state index contributed by atoms with van der Waals surface area (Å²) in [4.78, 5) is 19.1. The number of carbonyl (C=O) groups excluding carboxylic acids is 1. The monoisotopic (exact) mass is 233 g/mol. The van der Waals surface area contributed by atoms with E-state index in [9.17, 15) is 4.79 Å². The van der Waals surface area contributed by atoms with Crippen LogP contribution in [0.15, 0.2) is 30.7 Å². The van der Waals surface area contributed by atoms with E-state index in [-0.39, 0.29) is 19.1 Å². The topological polar surface area (TPSA) is 95.9 Å². The van der Waals surface area contributed by atoms with Crippen molar-refractivity contribution in [1.29, 1.82) is 0 Å². The first-order valence-corrected chi connectivity index (χ1v) is 4.94. The normalized spacial score (nSPS) is 10.1. The summed E-state index contributed by atoms with van der Waals surface area (Å²) in [6, 6.07) is 5.40. The van der Waals surface area contributed by atoms with Gasteiger partial charge in [-0.3, -0.25) is 9.78 Å². The molecule has 0 amide bonds. The highest BCUT2D eigenvalue weighted by Crippen LogP contribution is 1.97. The van der Waals surface area contributed by atoms with Crippen molar-refractivity contribution in [3.05, 3.63) is 36.4 Å². The lowest BCUT2D eigenvalue weighted by Gasteiger charge is -2.03. The van der Waals surface area contributed by atoms with Gasteiger partial charge in [0, 0.05) is 6.20 Å². The number of esters is 1. The first-order chi connectivity index (χ1) is 8.24. The van der Waals surface area contributed by atoms with Gasteiger partial charge in [0.05, 0.1) is 5.69 Å². The van der Waals surface area contributed by atoms with Crippen molar-refractivity contribution in [1.82, 2.24) is 19.7 Å². The maximum Gasteiger partial charge on any atom is 0.328 e. The molecule has 0 atom stereocenters. The number of aromatic nitrogens is 4. The average molecular weight is 233 g/mol.